The van der Waals surface area contributed by atoms with Gasteiger partial charge in [0.2, 0.25) is 0 Å². The summed E-state index contributed by atoms with van der Waals surface area (Å²) in [6, 6.07) is 6.02. The number of benzene rings is 1. The number of aliphatic hydroxyl groups is 1. The van der Waals surface area contributed by atoms with Gasteiger partial charge < -0.3 is 10.8 Å². The molecule has 0 saturated heterocycles. The molecule has 0 bridgehead atoms. The molecule has 1 saturated carbocycles. The van der Waals surface area contributed by atoms with Crippen LogP contribution in [0.2, 0.25) is 0 Å². The fraction of sp³-hybridized carbons (Fsp3) is 0.625. The van der Waals surface area contributed by atoms with E-state index in [1.54, 1.807) is 0 Å². The van der Waals surface area contributed by atoms with Crippen LogP contribution >= 0.6 is 0 Å². The zero-order valence-electron chi connectivity index (χ0n) is 11.5. The van der Waals surface area contributed by atoms with Crippen molar-refractivity contribution >= 4 is 0 Å². The predicted molar refractivity (Wildman–Crippen MR) is 75.4 cm³/mol. The monoisotopic (exact) mass is 247 g/mol. The SMILES string of the molecule is Cc1ccc([C@H](N)[C@H](O)C2CCCCC2)cc1C. The maximum Gasteiger partial charge on any atom is 0.0760 e. The Balaban J connectivity index is 2.09. The first-order valence-corrected chi connectivity index (χ1v) is 7.10. The van der Waals surface area contributed by atoms with E-state index in [0.29, 0.717) is 5.92 Å². The first-order chi connectivity index (χ1) is 8.59. The lowest BCUT2D eigenvalue weighted by Gasteiger charge is -2.30. The molecule has 2 nitrogen and oxygen atoms in total. The first kappa shape index (κ1) is 13.6. The highest BCUT2D eigenvalue weighted by atomic mass is 16.3. The lowest BCUT2D eigenvalue weighted by molar-refractivity contribution is 0.0618. The third kappa shape index (κ3) is 2.93. The van der Waals surface area contributed by atoms with Gasteiger partial charge >= 0.3 is 0 Å². The summed E-state index contributed by atoms with van der Waals surface area (Å²) in [7, 11) is 0. The second-order valence-electron chi connectivity index (χ2n) is 5.76. The average molecular weight is 247 g/mol. The van der Waals surface area contributed by atoms with Crippen molar-refractivity contribution in [2.24, 2.45) is 11.7 Å². The lowest BCUT2D eigenvalue weighted by Crippen LogP contribution is -2.34. The maximum absolute atomic E-state index is 10.4. The maximum atomic E-state index is 10.4. The zero-order chi connectivity index (χ0) is 13.1. The van der Waals surface area contributed by atoms with Crippen LogP contribution in [0.3, 0.4) is 0 Å². The van der Waals surface area contributed by atoms with Gasteiger partial charge in [0.25, 0.3) is 0 Å². The quantitative estimate of drug-likeness (QED) is 0.861. The number of rotatable bonds is 3. The van der Waals surface area contributed by atoms with Gasteiger partial charge in [0.15, 0.2) is 0 Å². The van der Waals surface area contributed by atoms with E-state index in [0.717, 1.165) is 18.4 Å². The summed E-state index contributed by atoms with van der Waals surface area (Å²) >= 11 is 0. The largest absolute Gasteiger partial charge is 0.391 e. The van der Waals surface area contributed by atoms with Crippen molar-refractivity contribution in [3.8, 4) is 0 Å². The lowest BCUT2D eigenvalue weighted by atomic mass is 9.81. The molecule has 1 aromatic carbocycles. The number of aliphatic hydroxyl groups excluding tert-OH is 1. The van der Waals surface area contributed by atoms with E-state index in [4.69, 9.17) is 5.73 Å². The van der Waals surface area contributed by atoms with Crippen LogP contribution in [0.25, 0.3) is 0 Å². The van der Waals surface area contributed by atoms with Crippen LogP contribution in [0, 0.1) is 19.8 Å². The number of hydrogen-bond acceptors (Lipinski definition) is 2. The van der Waals surface area contributed by atoms with Gasteiger partial charge in [0.1, 0.15) is 0 Å². The molecule has 0 spiro atoms. The Kier molecular flexibility index (Phi) is 4.41. The van der Waals surface area contributed by atoms with Gasteiger partial charge in [-0.25, -0.2) is 0 Å². The topological polar surface area (TPSA) is 46.2 Å². The molecule has 0 radical (unpaired) electrons. The van der Waals surface area contributed by atoms with Gasteiger partial charge in [0, 0.05) is 0 Å². The van der Waals surface area contributed by atoms with Gasteiger partial charge in [-0.15, -0.1) is 0 Å². The highest BCUT2D eigenvalue weighted by Gasteiger charge is 2.27. The standard InChI is InChI=1S/C16H25NO/c1-11-8-9-14(10-12(11)2)15(17)16(18)13-6-4-3-5-7-13/h8-10,13,15-16,18H,3-7,17H2,1-2H3/t15-,16+/m0/s1. The molecule has 1 fully saturated rings. The fourth-order valence-corrected chi connectivity index (χ4v) is 2.94. The molecule has 2 atom stereocenters. The van der Waals surface area contributed by atoms with E-state index in [-0.39, 0.29) is 6.04 Å². The summed E-state index contributed by atoms with van der Waals surface area (Å²) < 4.78 is 0. The molecular formula is C16H25NO. The van der Waals surface area contributed by atoms with E-state index < -0.39 is 6.10 Å². The molecular weight excluding hydrogens is 222 g/mol. The number of aryl methyl sites for hydroxylation is 2. The van der Waals surface area contributed by atoms with Crippen molar-refractivity contribution in [2.75, 3.05) is 0 Å². The minimum atomic E-state index is -0.396. The molecule has 1 aliphatic carbocycles. The van der Waals surface area contributed by atoms with Crippen molar-refractivity contribution in [3.63, 3.8) is 0 Å². The molecule has 100 valence electrons. The van der Waals surface area contributed by atoms with E-state index in [1.165, 1.54) is 30.4 Å². The van der Waals surface area contributed by atoms with E-state index in [1.807, 2.05) is 0 Å². The van der Waals surface area contributed by atoms with Crippen molar-refractivity contribution in [1.82, 2.24) is 0 Å². The Morgan fingerprint density at radius 2 is 1.78 bits per heavy atom. The number of hydrogen-bond donors (Lipinski definition) is 2. The van der Waals surface area contributed by atoms with Gasteiger partial charge in [-0.2, -0.15) is 0 Å². The molecule has 1 aromatic rings. The van der Waals surface area contributed by atoms with E-state index in [9.17, 15) is 5.11 Å². The average Bonchev–Trinajstić information content (AvgIpc) is 2.41. The third-order valence-corrected chi connectivity index (χ3v) is 4.42. The highest BCUT2D eigenvalue weighted by molar-refractivity contribution is 5.32. The number of nitrogens with two attached hydrogens (primary N) is 1. The zero-order valence-corrected chi connectivity index (χ0v) is 11.5. The molecule has 0 aromatic heterocycles. The smallest absolute Gasteiger partial charge is 0.0760 e. The second-order valence-corrected chi connectivity index (χ2v) is 5.76. The van der Waals surface area contributed by atoms with E-state index >= 15 is 0 Å². The first-order valence-electron chi connectivity index (χ1n) is 7.10. The van der Waals surface area contributed by atoms with Crippen LogP contribution in [-0.2, 0) is 0 Å². The van der Waals surface area contributed by atoms with E-state index in [2.05, 4.69) is 32.0 Å². The summed E-state index contributed by atoms with van der Waals surface area (Å²) in [4.78, 5) is 0. The van der Waals surface area contributed by atoms with Crippen LogP contribution in [0.4, 0.5) is 0 Å². The summed E-state index contributed by atoms with van der Waals surface area (Å²) in [5, 5.41) is 10.4. The van der Waals surface area contributed by atoms with Crippen LogP contribution < -0.4 is 5.73 Å². The molecule has 0 unspecified atom stereocenters. The van der Waals surface area contributed by atoms with Crippen LogP contribution in [0.1, 0.15) is 54.8 Å². The third-order valence-electron chi connectivity index (χ3n) is 4.42. The van der Waals surface area contributed by atoms with Crippen LogP contribution in [-0.4, -0.2) is 11.2 Å². The Labute approximate surface area is 110 Å². The fourth-order valence-electron chi connectivity index (χ4n) is 2.94. The molecule has 3 N–H and O–H groups in total. The predicted octanol–water partition coefficient (Wildman–Crippen LogP) is 3.24. The summed E-state index contributed by atoms with van der Waals surface area (Å²) in [5.74, 6) is 0.385. The Morgan fingerprint density at radius 3 is 2.39 bits per heavy atom. The Bertz CT molecular complexity index is 396. The molecule has 18 heavy (non-hydrogen) atoms. The summed E-state index contributed by atoms with van der Waals surface area (Å²) in [5.41, 5.74) is 9.83. The van der Waals surface area contributed by atoms with Crippen molar-refractivity contribution in [1.29, 1.82) is 0 Å². The van der Waals surface area contributed by atoms with Gasteiger partial charge in [0.05, 0.1) is 12.1 Å². The van der Waals surface area contributed by atoms with Crippen LogP contribution in [0.15, 0.2) is 18.2 Å². The second kappa shape index (κ2) is 5.85. The minimum Gasteiger partial charge on any atom is -0.391 e. The van der Waals surface area contributed by atoms with Crippen molar-refractivity contribution < 1.29 is 5.11 Å². The molecule has 2 heteroatoms. The summed E-state index contributed by atoms with van der Waals surface area (Å²) in [6.45, 7) is 4.20. The molecule has 1 aliphatic rings. The minimum absolute atomic E-state index is 0.243. The molecule has 0 aliphatic heterocycles. The highest BCUT2D eigenvalue weighted by Crippen LogP contribution is 2.31. The Hall–Kier alpha value is -0.860. The normalized spacial score (nSPS) is 20.7. The Morgan fingerprint density at radius 1 is 1.11 bits per heavy atom. The van der Waals surface area contributed by atoms with Gasteiger partial charge in [-0.1, -0.05) is 37.5 Å². The molecule has 2 rings (SSSR count). The molecule has 0 heterocycles. The van der Waals surface area contributed by atoms with Gasteiger partial charge in [-0.3, -0.25) is 0 Å². The van der Waals surface area contributed by atoms with Crippen molar-refractivity contribution in [2.45, 2.75) is 58.1 Å². The van der Waals surface area contributed by atoms with Crippen LogP contribution in [0.5, 0.6) is 0 Å². The summed E-state index contributed by atoms with van der Waals surface area (Å²) in [6.07, 6.45) is 5.64. The van der Waals surface area contributed by atoms with Crippen molar-refractivity contribution in [3.05, 3.63) is 34.9 Å². The van der Waals surface area contributed by atoms with Gasteiger partial charge in [-0.05, 0) is 49.3 Å². The molecule has 0 amide bonds.